The fourth-order valence-electron chi connectivity index (χ4n) is 3.10. The summed E-state index contributed by atoms with van der Waals surface area (Å²) in [6.45, 7) is 6.18. The number of hydrogen-bond acceptors (Lipinski definition) is 5. The van der Waals surface area contributed by atoms with Crippen molar-refractivity contribution in [3.63, 3.8) is 0 Å². The van der Waals surface area contributed by atoms with Gasteiger partial charge in [-0.15, -0.1) is 21.5 Å². The van der Waals surface area contributed by atoms with Crippen LogP contribution in [0.2, 0.25) is 5.15 Å². The van der Waals surface area contributed by atoms with Crippen molar-refractivity contribution < 1.29 is 4.79 Å². The lowest BCUT2D eigenvalue weighted by Crippen LogP contribution is -2.38. The Morgan fingerprint density at radius 1 is 1.38 bits per heavy atom. The van der Waals surface area contributed by atoms with Gasteiger partial charge in [0, 0.05) is 37.2 Å². The summed E-state index contributed by atoms with van der Waals surface area (Å²) >= 11 is 7.67. The summed E-state index contributed by atoms with van der Waals surface area (Å²) < 4.78 is 4.01. The molecule has 4 heterocycles. The first-order valence-corrected chi connectivity index (χ1v) is 9.77. The van der Waals surface area contributed by atoms with Gasteiger partial charge in [0.15, 0.2) is 15.9 Å². The van der Waals surface area contributed by atoms with Crippen LogP contribution in [-0.4, -0.2) is 41.5 Å². The topological polar surface area (TPSA) is 68.3 Å². The molecule has 4 rings (SSSR count). The fraction of sp³-hybridized carbons (Fsp3) is 0.412. The Morgan fingerprint density at radius 3 is 3.04 bits per heavy atom. The summed E-state index contributed by atoms with van der Waals surface area (Å²) in [5.41, 5.74) is 0.718. The van der Waals surface area contributed by atoms with E-state index >= 15 is 0 Å². The third kappa shape index (κ3) is 3.14. The second-order valence-electron chi connectivity index (χ2n) is 6.72. The number of hydrogen-bond donors (Lipinski definition) is 0. The van der Waals surface area contributed by atoms with Crippen LogP contribution in [0, 0.1) is 5.92 Å². The molecule has 0 fully saturated rings. The molecule has 1 aliphatic heterocycles. The molecular formula is C17H19ClN6OS. The molecule has 1 amide bonds. The van der Waals surface area contributed by atoms with Crippen LogP contribution in [0.1, 0.15) is 31.2 Å². The minimum Gasteiger partial charge on any atom is -0.330 e. The quantitative estimate of drug-likeness (QED) is 0.642. The summed E-state index contributed by atoms with van der Waals surface area (Å²) in [5.74, 6) is 2.31. The molecule has 3 aromatic heterocycles. The molecular weight excluding hydrogens is 372 g/mol. The Hall–Kier alpha value is -2.19. The van der Waals surface area contributed by atoms with E-state index in [0.717, 1.165) is 35.3 Å². The second-order valence-corrected chi connectivity index (χ2v) is 7.95. The molecule has 0 atom stereocenters. The van der Waals surface area contributed by atoms with Crippen molar-refractivity contribution in [2.75, 3.05) is 6.54 Å². The molecule has 0 aliphatic carbocycles. The Morgan fingerprint density at radius 2 is 2.23 bits per heavy atom. The van der Waals surface area contributed by atoms with E-state index in [1.807, 2.05) is 16.0 Å². The predicted molar refractivity (Wildman–Crippen MR) is 101 cm³/mol. The highest BCUT2D eigenvalue weighted by Gasteiger charge is 2.23. The zero-order valence-electron chi connectivity index (χ0n) is 14.6. The number of fused-ring (bicyclic) bond motifs is 2. The molecule has 26 heavy (non-hydrogen) atoms. The molecule has 3 aromatic rings. The highest BCUT2D eigenvalue weighted by atomic mass is 35.5. The molecule has 0 saturated heterocycles. The number of halogens is 1. The molecule has 0 radical (unpaired) electrons. The third-order valence-electron chi connectivity index (χ3n) is 4.37. The van der Waals surface area contributed by atoms with E-state index in [1.165, 1.54) is 11.3 Å². The van der Waals surface area contributed by atoms with E-state index in [-0.39, 0.29) is 5.91 Å². The van der Waals surface area contributed by atoms with Gasteiger partial charge in [-0.2, -0.15) is 0 Å². The Kier molecular flexibility index (Phi) is 4.54. The number of aromatic nitrogens is 5. The van der Waals surface area contributed by atoms with Gasteiger partial charge in [-0.05, 0) is 12.0 Å². The average molecular weight is 391 g/mol. The van der Waals surface area contributed by atoms with Gasteiger partial charge in [0.05, 0.1) is 12.2 Å². The van der Waals surface area contributed by atoms with Crippen molar-refractivity contribution in [2.24, 2.45) is 5.92 Å². The molecule has 1 aliphatic rings. The minimum atomic E-state index is -0.0640. The number of carbonyl (C=O) groups excluding carboxylic acids is 1. The van der Waals surface area contributed by atoms with Crippen LogP contribution in [0.3, 0.4) is 0 Å². The predicted octanol–water partition coefficient (Wildman–Crippen LogP) is 2.89. The van der Waals surface area contributed by atoms with E-state index in [4.69, 9.17) is 11.6 Å². The normalized spacial score (nSPS) is 14.7. The van der Waals surface area contributed by atoms with E-state index in [2.05, 4.69) is 33.6 Å². The summed E-state index contributed by atoms with van der Waals surface area (Å²) in [6, 6.07) is 0. The number of carbonyl (C=O) groups is 1. The van der Waals surface area contributed by atoms with Crippen molar-refractivity contribution in [3.05, 3.63) is 40.1 Å². The van der Waals surface area contributed by atoms with Gasteiger partial charge in [0.25, 0.3) is 0 Å². The van der Waals surface area contributed by atoms with Crippen LogP contribution in [0.5, 0.6) is 0 Å². The van der Waals surface area contributed by atoms with Gasteiger partial charge in [0.1, 0.15) is 5.82 Å². The average Bonchev–Trinajstić information content (AvgIpc) is 3.28. The zero-order valence-corrected chi connectivity index (χ0v) is 16.2. The third-order valence-corrected chi connectivity index (χ3v) is 5.40. The second kappa shape index (κ2) is 6.85. The number of amides is 1. The van der Waals surface area contributed by atoms with Crippen molar-refractivity contribution in [3.8, 4) is 0 Å². The van der Waals surface area contributed by atoms with Crippen molar-refractivity contribution in [1.29, 1.82) is 0 Å². The summed E-state index contributed by atoms with van der Waals surface area (Å²) in [7, 11) is 0. The molecule has 0 spiro atoms. The van der Waals surface area contributed by atoms with Crippen molar-refractivity contribution >= 4 is 39.9 Å². The Balaban J connectivity index is 1.49. The number of thiazole rings is 1. The van der Waals surface area contributed by atoms with Gasteiger partial charge < -0.3 is 9.47 Å². The van der Waals surface area contributed by atoms with E-state index in [1.54, 1.807) is 17.1 Å². The Labute approximate surface area is 159 Å². The first kappa shape index (κ1) is 17.2. The van der Waals surface area contributed by atoms with Gasteiger partial charge in [-0.25, -0.2) is 4.98 Å². The molecule has 0 N–H and O–H groups in total. The first-order chi connectivity index (χ1) is 12.5. The summed E-state index contributed by atoms with van der Waals surface area (Å²) in [4.78, 5) is 19.4. The van der Waals surface area contributed by atoms with Crippen LogP contribution >= 0.6 is 22.9 Å². The smallest absolute Gasteiger partial charge is 0.247 e. The maximum absolute atomic E-state index is 12.6. The number of nitrogens with zero attached hydrogens (tertiary/aromatic N) is 6. The summed E-state index contributed by atoms with van der Waals surface area (Å²) in [5, 5.41) is 10.9. The lowest BCUT2D eigenvalue weighted by Gasteiger charge is -2.27. The SMILES string of the molecule is CC(C)Cc1nnc2n1CCN(C(=O)/C=C/c1c(Cl)nc3sccn13)C2. The van der Waals surface area contributed by atoms with Crippen molar-refractivity contribution in [1.82, 2.24) is 29.0 Å². The molecule has 0 saturated carbocycles. The lowest BCUT2D eigenvalue weighted by molar-refractivity contribution is -0.127. The van der Waals surface area contributed by atoms with E-state index in [9.17, 15) is 4.79 Å². The number of rotatable bonds is 4. The van der Waals surface area contributed by atoms with Gasteiger partial charge in [-0.3, -0.25) is 9.20 Å². The monoisotopic (exact) mass is 390 g/mol. The highest BCUT2D eigenvalue weighted by Crippen LogP contribution is 2.22. The van der Waals surface area contributed by atoms with Crippen LogP contribution in [0.15, 0.2) is 17.7 Å². The maximum Gasteiger partial charge on any atom is 0.247 e. The summed E-state index contributed by atoms with van der Waals surface area (Å²) in [6.07, 6.45) is 6.06. The van der Waals surface area contributed by atoms with E-state index in [0.29, 0.717) is 24.2 Å². The Bertz CT molecular complexity index is 985. The molecule has 0 bridgehead atoms. The van der Waals surface area contributed by atoms with Gasteiger partial charge in [-0.1, -0.05) is 25.4 Å². The maximum atomic E-state index is 12.6. The lowest BCUT2D eigenvalue weighted by atomic mass is 10.1. The van der Waals surface area contributed by atoms with Gasteiger partial charge >= 0.3 is 0 Å². The van der Waals surface area contributed by atoms with Gasteiger partial charge in [0.2, 0.25) is 5.91 Å². The minimum absolute atomic E-state index is 0.0640. The van der Waals surface area contributed by atoms with Crippen LogP contribution in [0.4, 0.5) is 0 Å². The standard InChI is InChI=1S/C17H19ClN6OS/c1-11(2)9-13-20-21-14-10-22(5-6-24(13)14)15(25)4-3-12-16(18)19-17-23(12)7-8-26-17/h3-4,7-8,11H,5-6,9-10H2,1-2H3/b4-3+. The van der Waals surface area contributed by atoms with Crippen LogP contribution < -0.4 is 0 Å². The van der Waals surface area contributed by atoms with Crippen LogP contribution in [0.25, 0.3) is 11.0 Å². The van der Waals surface area contributed by atoms with Crippen LogP contribution in [-0.2, 0) is 24.3 Å². The molecule has 0 unspecified atom stereocenters. The largest absolute Gasteiger partial charge is 0.330 e. The molecule has 0 aromatic carbocycles. The van der Waals surface area contributed by atoms with E-state index < -0.39 is 0 Å². The number of imidazole rings is 1. The molecule has 7 nitrogen and oxygen atoms in total. The van der Waals surface area contributed by atoms with Crippen molar-refractivity contribution in [2.45, 2.75) is 33.4 Å². The molecule has 136 valence electrons. The zero-order chi connectivity index (χ0) is 18.3. The fourth-order valence-corrected chi connectivity index (χ4v) is 4.11. The molecule has 9 heteroatoms. The highest BCUT2D eigenvalue weighted by molar-refractivity contribution is 7.15. The first-order valence-electron chi connectivity index (χ1n) is 8.52.